The molecule has 0 heterocycles. The van der Waals surface area contributed by atoms with E-state index in [1.165, 1.54) is 55.6 Å². The summed E-state index contributed by atoms with van der Waals surface area (Å²) in [6.07, 6.45) is 0. The molecule has 4 rings (SSSR count). The first kappa shape index (κ1) is 32.5. The predicted octanol–water partition coefficient (Wildman–Crippen LogP) is 5.20. The monoisotopic (exact) mass is 632 g/mol. The Morgan fingerprint density at radius 2 is 1.14 bits per heavy atom. The van der Waals surface area contributed by atoms with E-state index >= 15 is 0 Å². The second-order valence-corrected chi connectivity index (χ2v) is 13.3. The summed E-state index contributed by atoms with van der Waals surface area (Å²) in [7, 11) is -10.0. The van der Waals surface area contributed by atoms with Crippen molar-refractivity contribution in [2.45, 2.75) is 40.9 Å². The number of hydrogen-bond acceptors (Lipinski definition) is 9. The van der Waals surface area contributed by atoms with Gasteiger partial charge >= 0.3 is 10.6 Å². The Kier molecular flexibility index (Phi) is 9.94. The van der Waals surface area contributed by atoms with Gasteiger partial charge < -0.3 is 9.47 Å². The second-order valence-electron chi connectivity index (χ2n) is 9.58. The fourth-order valence-electron chi connectivity index (χ4n) is 4.02. The lowest BCUT2D eigenvalue weighted by Gasteiger charge is -2.27. The SMILES string of the molecule is COc1ccc(S(=O)(=O)c2ccc(Oc3ccc(C(C)(C)c4ccc(C)cc4)cc3S(=O)(=O)O)cc2)cc1.O=S(=O)=O. The Balaban J connectivity index is 0.00000114. The van der Waals surface area contributed by atoms with Crippen LogP contribution in [0.5, 0.6) is 17.2 Å². The molecule has 0 radical (unpaired) electrons. The molecule has 0 bridgehead atoms. The first-order chi connectivity index (χ1) is 19.5. The van der Waals surface area contributed by atoms with Crippen LogP contribution < -0.4 is 9.47 Å². The van der Waals surface area contributed by atoms with Crippen LogP contribution in [0.3, 0.4) is 0 Å². The summed E-state index contributed by atoms with van der Waals surface area (Å²) in [5.41, 5.74) is 2.20. The number of hydrogen-bond donors (Lipinski definition) is 1. The van der Waals surface area contributed by atoms with Gasteiger partial charge in [-0.2, -0.15) is 8.42 Å². The maximum absolute atomic E-state index is 13.0. The van der Waals surface area contributed by atoms with Crippen LogP contribution in [0.15, 0.2) is 106 Å². The van der Waals surface area contributed by atoms with E-state index in [1.54, 1.807) is 18.2 Å². The number of aryl methyl sites for hydroxylation is 1. The lowest BCUT2D eigenvalue weighted by molar-refractivity contribution is 0.414. The molecule has 4 aromatic rings. The molecule has 1 N–H and O–H groups in total. The highest BCUT2D eigenvalue weighted by molar-refractivity contribution is 7.91. The highest BCUT2D eigenvalue weighted by atomic mass is 32.2. The minimum absolute atomic E-state index is 0.0419. The van der Waals surface area contributed by atoms with Crippen LogP contribution in [0.2, 0.25) is 0 Å². The smallest absolute Gasteiger partial charge is 0.425 e. The third-order valence-corrected chi connectivity index (χ3v) is 9.11. The molecule has 0 spiro atoms. The standard InChI is InChI=1S/C29H28O7S2.O3S/c1-20-5-7-21(8-6-20)29(2,3)22-9-18-27(28(19-22)38(32,33)34)36-24-12-16-26(17-13-24)37(30,31)25-14-10-23(35-4)11-15-25;1-4(2)3/h5-19H,1-4H3,(H,32,33,34);. The van der Waals surface area contributed by atoms with Crippen molar-refractivity contribution in [1.82, 2.24) is 0 Å². The van der Waals surface area contributed by atoms with Gasteiger partial charge in [0.25, 0.3) is 10.1 Å². The van der Waals surface area contributed by atoms with E-state index in [0.29, 0.717) is 11.3 Å². The topological polar surface area (TPSA) is 158 Å². The zero-order valence-corrected chi connectivity index (χ0v) is 25.5. The molecule has 0 saturated heterocycles. The summed E-state index contributed by atoms with van der Waals surface area (Å²) in [5, 5.41) is 0. The summed E-state index contributed by atoms with van der Waals surface area (Å²) in [5.74, 6) is 0.659. The van der Waals surface area contributed by atoms with Crippen LogP contribution in [0.1, 0.15) is 30.5 Å². The van der Waals surface area contributed by atoms with Gasteiger partial charge in [-0.05, 0) is 78.7 Å². The van der Waals surface area contributed by atoms with Gasteiger partial charge in [-0.15, -0.1) is 12.6 Å². The lowest BCUT2D eigenvalue weighted by Crippen LogP contribution is -2.19. The van der Waals surface area contributed by atoms with Crippen molar-refractivity contribution < 1.29 is 43.5 Å². The number of methoxy groups -OCH3 is 1. The van der Waals surface area contributed by atoms with Crippen LogP contribution in [0, 0.1) is 6.92 Å². The van der Waals surface area contributed by atoms with Crippen molar-refractivity contribution >= 4 is 30.6 Å². The molecule has 42 heavy (non-hydrogen) atoms. The normalized spacial score (nSPS) is 11.6. The maximum Gasteiger partial charge on any atom is 0.425 e. The van der Waals surface area contributed by atoms with Crippen LogP contribution in [-0.2, 0) is 36.0 Å². The van der Waals surface area contributed by atoms with E-state index in [0.717, 1.165) is 11.1 Å². The van der Waals surface area contributed by atoms with Crippen molar-refractivity contribution in [3.63, 3.8) is 0 Å². The fraction of sp³-hybridized carbons (Fsp3) is 0.172. The van der Waals surface area contributed by atoms with Gasteiger partial charge in [0.15, 0.2) is 0 Å². The van der Waals surface area contributed by atoms with Gasteiger partial charge in [0.1, 0.15) is 22.1 Å². The average Bonchev–Trinajstić information content (AvgIpc) is 2.93. The van der Waals surface area contributed by atoms with Gasteiger partial charge in [0, 0.05) is 5.41 Å². The van der Waals surface area contributed by atoms with E-state index in [9.17, 15) is 21.4 Å². The maximum atomic E-state index is 13.0. The Labute approximate surface area is 246 Å². The molecule has 10 nitrogen and oxygen atoms in total. The lowest BCUT2D eigenvalue weighted by atomic mass is 9.78. The van der Waals surface area contributed by atoms with E-state index in [4.69, 9.17) is 22.1 Å². The molecular formula is C29H28O10S3. The third-order valence-electron chi connectivity index (χ3n) is 6.45. The van der Waals surface area contributed by atoms with Crippen LogP contribution in [-0.4, -0.2) is 41.1 Å². The first-order valence-electron chi connectivity index (χ1n) is 12.2. The van der Waals surface area contributed by atoms with Crippen LogP contribution >= 0.6 is 0 Å². The zero-order valence-electron chi connectivity index (χ0n) is 23.0. The predicted molar refractivity (Wildman–Crippen MR) is 154 cm³/mol. The highest BCUT2D eigenvalue weighted by Crippen LogP contribution is 2.37. The molecule has 0 amide bonds. The van der Waals surface area contributed by atoms with Crippen molar-refractivity contribution in [3.05, 3.63) is 108 Å². The van der Waals surface area contributed by atoms with E-state index < -0.39 is 36.0 Å². The fourth-order valence-corrected chi connectivity index (χ4v) is 5.93. The minimum atomic E-state index is -4.63. The van der Waals surface area contributed by atoms with Crippen molar-refractivity contribution in [1.29, 1.82) is 0 Å². The van der Waals surface area contributed by atoms with Crippen molar-refractivity contribution in [2.24, 2.45) is 0 Å². The molecule has 0 aliphatic rings. The number of ether oxygens (including phenoxy) is 2. The molecule has 0 atom stereocenters. The molecule has 0 aromatic heterocycles. The Morgan fingerprint density at radius 1 is 0.690 bits per heavy atom. The quantitative estimate of drug-likeness (QED) is 0.256. The minimum Gasteiger partial charge on any atom is -0.497 e. The van der Waals surface area contributed by atoms with Gasteiger partial charge in [0.2, 0.25) is 9.84 Å². The van der Waals surface area contributed by atoms with E-state index in [2.05, 4.69) is 0 Å². The Morgan fingerprint density at radius 3 is 1.60 bits per heavy atom. The number of rotatable bonds is 8. The number of sulfone groups is 1. The number of benzene rings is 4. The van der Waals surface area contributed by atoms with Gasteiger partial charge in [-0.25, -0.2) is 8.42 Å². The summed E-state index contributed by atoms with van der Waals surface area (Å²) in [6.45, 7) is 5.91. The average molecular weight is 633 g/mol. The van der Waals surface area contributed by atoms with Gasteiger partial charge in [-0.1, -0.05) is 49.7 Å². The van der Waals surface area contributed by atoms with E-state index in [-0.39, 0.29) is 26.2 Å². The summed E-state index contributed by atoms with van der Waals surface area (Å²) >= 11 is 0. The van der Waals surface area contributed by atoms with Gasteiger partial charge in [0.05, 0.1) is 16.9 Å². The van der Waals surface area contributed by atoms with Crippen LogP contribution in [0.4, 0.5) is 0 Å². The largest absolute Gasteiger partial charge is 0.497 e. The Bertz CT molecular complexity index is 1870. The third kappa shape index (κ3) is 7.82. The summed E-state index contributed by atoms with van der Waals surface area (Å²) in [4.78, 5) is -0.238. The van der Waals surface area contributed by atoms with Crippen molar-refractivity contribution in [3.8, 4) is 17.2 Å². The molecule has 222 valence electrons. The summed E-state index contributed by atoms with van der Waals surface area (Å²) < 4.78 is 96.6. The summed E-state index contributed by atoms with van der Waals surface area (Å²) in [6, 6.07) is 24.2. The second kappa shape index (κ2) is 12.9. The molecule has 0 aliphatic heterocycles. The molecule has 0 aliphatic carbocycles. The molecule has 13 heteroatoms. The molecule has 0 saturated carbocycles. The van der Waals surface area contributed by atoms with E-state index in [1.807, 2.05) is 45.0 Å². The van der Waals surface area contributed by atoms with Crippen molar-refractivity contribution in [2.75, 3.05) is 7.11 Å². The molecular weight excluding hydrogens is 605 g/mol. The first-order valence-corrected chi connectivity index (χ1v) is 16.1. The molecule has 4 aromatic carbocycles. The van der Waals surface area contributed by atoms with Gasteiger partial charge in [-0.3, -0.25) is 4.55 Å². The molecule has 0 fully saturated rings. The molecule has 0 unspecified atom stereocenters. The zero-order chi connectivity index (χ0) is 31.3. The van der Waals surface area contributed by atoms with Crippen LogP contribution in [0.25, 0.3) is 0 Å². The highest BCUT2D eigenvalue weighted by Gasteiger charge is 2.27. The Hall–Kier alpha value is -4.04.